The summed E-state index contributed by atoms with van der Waals surface area (Å²) < 4.78 is 13.7. The van der Waals surface area contributed by atoms with Gasteiger partial charge in [-0.25, -0.2) is 9.18 Å². The predicted molar refractivity (Wildman–Crippen MR) is 126 cm³/mol. The first-order valence-corrected chi connectivity index (χ1v) is 12.3. The number of hydrogen-bond acceptors (Lipinski definition) is 2. The molecular weight excluding hydrogens is 401 g/mol. The van der Waals surface area contributed by atoms with Crippen LogP contribution in [-0.4, -0.2) is 36.1 Å². The van der Waals surface area contributed by atoms with Crippen LogP contribution in [0.3, 0.4) is 0 Å². The number of benzene rings is 1. The molecule has 0 unspecified atom stereocenters. The highest BCUT2D eigenvalue weighted by Crippen LogP contribution is 2.51. The zero-order valence-electron chi connectivity index (χ0n) is 19.4. The third-order valence-corrected chi connectivity index (χ3v) is 8.54. The van der Waals surface area contributed by atoms with Crippen LogP contribution in [0.25, 0.3) is 0 Å². The number of halogens is 1. The lowest BCUT2D eigenvalue weighted by Crippen LogP contribution is -2.61. The Hall–Kier alpha value is -2.14. The van der Waals surface area contributed by atoms with Crippen LogP contribution in [0.1, 0.15) is 76.3 Å². The van der Waals surface area contributed by atoms with E-state index >= 15 is 0 Å². The van der Waals surface area contributed by atoms with Crippen molar-refractivity contribution in [2.24, 2.45) is 5.41 Å². The maximum Gasteiger partial charge on any atom is 0.318 e. The van der Waals surface area contributed by atoms with Crippen molar-refractivity contribution < 1.29 is 9.18 Å². The summed E-state index contributed by atoms with van der Waals surface area (Å²) in [5, 5.41) is 6.62. The van der Waals surface area contributed by atoms with Crippen LogP contribution in [0, 0.1) is 11.2 Å². The summed E-state index contributed by atoms with van der Waals surface area (Å²) in [6, 6.07) is 6.79. The first-order valence-electron chi connectivity index (χ1n) is 12.3. The molecule has 1 spiro atoms. The Morgan fingerprint density at radius 2 is 1.88 bits per heavy atom. The molecule has 1 heterocycles. The molecule has 5 rings (SSSR count). The zero-order valence-corrected chi connectivity index (χ0v) is 19.4. The maximum atomic E-state index is 13.7. The summed E-state index contributed by atoms with van der Waals surface area (Å²) in [5.74, 6) is -0.239. The van der Waals surface area contributed by atoms with Crippen molar-refractivity contribution in [3.63, 3.8) is 0 Å². The minimum Gasteiger partial charge on any atom is -0.335 e. The van der Waals surface area contributed by atoms with Crippen LogP contribution >= 0.6 is 0 Å². The van der Waals surface area contributed by atoms with Gasteiger partial charge in [0.05, 0.1) is 6.04 Å². The van der Waals surface area contributed by atoms with Crippen LogP contribution in [-0.2, 0) is 0 Å². The van der Waals surface area contributed by atoms with Crippen molar-refractivity contribution in [1.82, 2.24) is 15.5 Å². The average Bonchev–Trinajstić information content (AvgIpc) is 3.13. The third-order valence-electron chi connectivity index (χ3n) is 8.54. The number of nitrogens with zero attached hydrogens (tertiary/aromatic N) is 1. The van der Waals surface area contributed by atoms with Crippen molar-refractivity contribution in [3.05, 3.63) is 58.9 Å². The molecule has 1 atom stereocenters. The van der Waals surface area contributed by atoms with E-state index in [0.29, 0.717) is 12.0 Å². The third kappa shape index (κ3) is 4.00. The molecule has 1 aliphatic heterocycles. The lowest BCUT2D eigenvalue weighted by atomic mass is 9.74. The Bertz CT molecular complexity index is 923. The van der Waals surface area contributed by atoms with E-state index < -0.39 is 0 Å². The molecule has 2 amide bonds. The van der Waals surface area contributed by atoms with Gasteiger partial charge >= 0.3 is 6.03 Å². The average molecular weight is 438 g/mol. The Balaban J connectivity index is 1.43. The Labute approximate surface area is 191 Å². The molecule has 5 heteroatoms. The number of carbonyl (C=O) groups excluding carboxylic acids is 1. The lowest BCUT2D eigenvalue weighted by molar-refractivity contribution is 0.135. The van der Waals surface area contributed by atoms with E-state index in [4.69, 9.17) is 0 Å². The molecule has 1 aromatic carbocycles. The molecule has 32 heavy (non-hydrogen) atoms. The minimum absolute atomic E-state index is 0.00209. The van der Waals surface area contributed by atoms with Crippen LogP contribution < -0.4 is 10.6 Å². The molecule has 2 saturated carbocycles. The lowest BCUT2D eigenvalue weighted by Gasteiger charge is -2.47. The Morgan fingerprint density at radius 3 is 2.56 bits per heavy atom. The van der Waals surface area contributed by atoms with Gasteiger partial charge in [-0.05, 0) is 87.6 Å². The molecule has 4 nitrogen and oxygen atoms in total. The van der Waals surface area contributed by atoms with E-state index in [0.717, 1.165) is 37.7 Å². The first kappa shape index (κ1) is 21.7. The van der Waals surface area contributed by atoms with Gasteiger partial charge in [-0.1, -0.05) is 42.7 Å². The van der Waals surface area contributed by atoms with E-state index in [1.54, 1.807) is 0 Å². The molecule has 2 N–H and O–H groups in total. The van der Waals surface area contributed by atoms with Gasteiger partial charge in [0.1, 0.15) is 5.82 Å². The molecule has 2 fully saturated rings. The van der Waals surface area contributed by atoms with Gasteiger partial charge in [-0.3, -0.25) is 0 Å². The fraction of sp³-hybridized carbons (Fsp3) is 0.593. The fourth-order valence-corrected chi connectivity index (χ4v) is 6.57. The van der Waals surface area contributed by atoms with Gasteiger partial charge in [0.2, 0.25) is 0 Å². The molecular formula is C27H36FN3O. The number of nitrogens with one attached hydrogen (secondary N) is 2. The fourth-order valence-electron chi connectivity index (χ4n) is 6.57. The molecule has 0 saturated heterocycles. The predicted octanol–water partition coefficient (Wildman–Crippen LogP) is 5.63. The molecule has 0 aromatic heterocycles. The van der Waals surface area contributed by atoms with Crippen molar-refractivity contribution in [3.8, 4) is 0 Å². The summed E-state index contributed by atoms with van der Waals surface area (Å²) >= 11 is 0. The van der Waals surface area contributed by atoms with Crippen LogP contribution in [0.2, 0.25) is 0 Å². The quantitative estimate of drug-likeness (QED) is 0.644. The Morgan fingerprint density at radius 1 is 1.16 bits per heavy atom. The van der Waals surface area contributed by atoms with Crippen molar-refractivity contribution in [2.45, 2.75) is 82.3 Å². The molecule has 0 radical (unpaired) electrons. The largest absolute Gasteiger partial charge is 0.335 e. The zero-order chi connectivity index (χ0) is 22.3. The van der Waals surface area contributed by atoms with Gasteiger partial charge in [0.25, 0.3) is 0 Å². The van der Waals surface area contributed by atoms with Gasteiger partial charge in [0, 0.05) is 18.1 Å². The number of amides is 2. The standard InChI is InChI=1S/C27H36FN3O/c1-26(29-2)17-22(18-26)30-25(32)31-15-11-20-16-27(12-3-4-13-27)14-5-6-23(20)24(31)19-7-9-21(28)10-8-19/h5-10,22,24,29H,3-4,11-18H2,1-2H3,(H,30,32)/t22?,24-,26?/m0/s1. The highest BCUT2D eigenvalue weighted by molar-refractivity contribution is 5.76. The number of allylic oxidation sites excluding steroid dienone is 1. The second-order valence-corrected chi connectivity index (χ2v) is 10.8. The summed E-state index contributed by atoms with van der Waals surface area (Å²) in [4.78, 5) is 15.4. The topological polar surface area (TPSA) is 44.4 Å². The summed E-state index contributed by atoms with van der Waals surface area (Å²) in [6.45, 7) is 2.91. The SMILES string of the molecule is CNC1(C)CC(NC(=O)N2CCC3=C(C=CCC4(CCCC4)C3)[C@@H]2c2ccc(F)cc2)C1. The van der Waals surface area contributed by atoms with Crippen molar-refractivity contribution >= 4 is 6.03 Å². The molecule has 172 valence electrons. The molecule has 4 aliphatic rings. The molecule has 0 bridgehead atoms. The van der Waals surface area contributed by atoms with Gasteiger partial charge in [-0.2, -0.15) is 0 Å². The van der Waals surface area contributed by atoms with E-state index in [1.807, 2.05) is 24.1 Å². The first-order chi connectivity index (χ1) is 15.4. The summed E-state index contributed by atoms with van der Waals surface area (Å²) in [7, 11) is 1.98. The van der Waals surface area contributed by atoms with Crippen LogP contribution in [0.15, 0.2) is 47.6 Å². The van der Waals surface area contributed by atoms with Gasteiger partial charge in [-0.15, -0.1) is 0 Å². The van der Waals surface area contributed by atoms with Crippen molar-refractivity contribution in [1.29, 1.82) is 0 Å². The van der Waals surface area contributed by atoms with Gasteiger partial charge < -0.3 is 15.5 Å². The monoisotopic (exact) mass is 437 g/mol. The summed E-state index contributed by atoms with van der Waals surface area (Å²) in [5.41, 5.74) is 4.29. The van der Waals surface area contributed by atoms with Crippen molar-refractivity contribution in [2.75, 3.05) is 13.6 Å². The van der Waals surface area contributed by atoms with E-state index in [1.165, 1.54) is 49.0 Å². The van der Waals surface area contributed by atoms with E-state index in [9.17, 15) is 9.18 Å². The second-order valence-electron chi connectivity index (χ2n) is 10.8. The highest BCUT2D eigenvalue weighted by Gasteiger charge is 2.43. The van der Waals surface area contributed by atoms with Crippen LogP contribution in [0.5, 0.6) is 0 Å². The number of carbonyl (C=O) groups is 1. The van der Waals surface area contributed by atoms with E-state index in [-0.39, 0.29) is 29.5 Å². The molecule has 1 aromatic rings. The normalized spacial score (nSPS) is 31.3. The number of hydrogen-bond donors (Lipinski definition) is 2. The number of urea groups is 1. The second kappa shape index (κ2) is 8.33. The van der Waals surface area contributed by atoms with Gasteiger partial charge in [0.15, 0.2) is 0 Å². The smallest absolute Gasteiger partial charge is 0.318 e. The number of rotatable bonds is 3. The maximum absolute atomic E-state index is 13.7. The minimum atomic E-state index is -0.239. The Kier molecular flexibility index (Phi) is 5.65. The summed E-state index contributed by atoms with van der Waals surface area (Å²) in [6.07, 6.45) is 15.0. The van der Waals surface area contributed by atoms with E-state index in [2.05, 4.69) is 29.7 Å². The highest BCUT2D eigenvalue weighted by atomic mass is 19.1. The molecule has 3 aliphatic carbocycles. The van der Waals surface area contributed by atoms with Crippen LogP contribution in [0.4, 0.5) is 9.18 Å².